The highest BCUT2D eigenvalue weighted by molar-refractivity contribution is 7.13. The average molecular weight is 289 g/mol. The van der Waals surface area contributed by atoms with Gasteiger partial charge in [-0.15, -0.1) is 11.3 Å². The Hall–Kier alpha value is -1.88. The Balaban J connectivity index is 2.04. The molecule has 0 aliphatic carbocycles. The molecule has 106 valence electrons. The molecule has 1 atom stereocenters. The van der Waals surface area contributed by atoms with Gasteiger partial charge in [0.05, 0.1) is 12.1 Å². The third-order valence-electron chi connectivity index (χ3n) is 3.05. The zero-order valence-corrected chi connectivity index (χ0v) is 12.5. The van der Waals surface area contributed by atoms with Crippen molar-refractivity contribution in [2.24, 2.45) is 0 Å². The molecule has 0 aliphatic heterocycles. The van der Waals surface area contributed by atoms with Crippen LogP contribution in [0.2, 0.25) is 0 Å². The van der Waals surface area contributed by atoms with Gasteiger partial charge in [0, 0.05) is 22.7 Å². The maximum atomic E-state index is 11.8. The van der Waals surface area contributed by atoms with E-state index in [1.54, 1.807) is 0 Å². The van der Waals surface area contributed by atoms with E-state index >= 15 is 0 Å². The Kier molecular flexibility index (Phi) is 4.74. The van der Waals surface area contributed by atoms with Crippen LogP contribution in [-0.2, 0) is 11.2 Å². The third-order valence-corrected chi connectivity index (χ3v) is 3.99. The van der Waals surface area contributed by atoms with Crippen molar-refractivity contribution in [2.75, 3.05) is 5.73 Å². The van der Waals surface area contributed by atoms with Crippen LogP contribution in [-0.4, -0.2) is 16.9 Å². The summed E-state index contributed by atoms with van der Waals surface area (Å²) in [6, 6.07) is 7.81. The number of amides is 1. The molecule has 0 bridgehead atoms. The molecule has 0 saturated heterocycles. The van der Waals surface area contributed by atoms with Gasteiger partial charge >= 0.3 is 0 Å². The predicted octanol–water partition coefficient (Wildman–Crippen LogP) is 2.85. The van der Waals surface area contributed by atoms with Gasteiger partial charge in [-0.05, 0) is 25.5 Å². The number of thiazole rings is 1. The molecule has 0 fully saturated rings. The Bertz CT molecular complexity index is 594. The smallest absolute Gasteiger partial charge is 0.226 e. The largest absolute Gasteiger partial charge is 0.399 e. The van der Waals surface area contributed by atoms with E-state index in [0.717, 1.165) is 22.7 Å². The van der Waals surface area contributed by atoms with Crippen LogP contribution in [0.3, 0.4) is 0 Å². The number of carbonyl (C=O) groups excluding carboxylic acids is 1. The summed E-state index contributed by atoms with van der Waals surface area (Å²) in [5.74, 6) is 0.0174. The third kappa shape index (κ3) is 3.81. The molecule has 2 rings (SSSR count). The minimum absolute atomic E-state index is 0.0174. The molecule has 1 aromatic carbocycles. The molecule has 3 N–H and O–H groups in total. The fourth-order valence-electron chi connectivity index (χ4n) is 1.78. The number of benzene rings is 1. The van der Waals surface area contributed by atoms with Gasteiger partial charge in [0.25, 0.3) is 0 Å². The lowest BCUT2D eigenvalue weighted by Gasteiger charge is -2.10. The van der Waals surface area contributed by atoms with Crippen molar-refractivity contribution in [3.05, 3.63) is 35.3 Å². The summed E-state index contributed by atoms with van der Waals surface area (Å²) in [5, 5.41) is 5.76. The standard InChI is InChI=1S/C15H19N3OS/c1-3-10(2)17-14(19)8-13-9-20-15(18-13)11-5-4-6-12(16)7-11/h4-7,9-10H,3,8,16H2,1-2H3,(H,17,19). The van der Waals surface area contributed by atoms with Crippen molar-refractivity contribution < 1.29 is 4.79 Å². The second-order valence-corrected chi connectivity index (χ2v) is 5.68. The highest BCUT2D eigenvalue weighted by Crippen LogP contribution is 2.25. The van der Waals surface area contributed by atoms with Crippen LogP contribution in [0.25, 0.3) is 10.6 Å². The minimum Gasteiger partial charge on any atom is -0.399 e. The average Bonchev–Trinajstić information content (AvgIpc) is 2.87. The number of anilines is 1. The van der Waals surface area contributed by atoms with Crippen LogP contribution in [0.5, 0.6) is 0 Å². The summed E-state index contributed by atoms with van der Waals surface area (Å²) in [6.07, 6.45) is 1.25. The number of nitrogens with one attached hydrogen (secondary N) is 1. The minimum atomic E-state index is 0.0174. The van der Waals surface area contributed by atoms with Crippen molar-refractivity contribution >= 4 is 22.9 Å². The molecule has 1 amide bonds. The topological polar surface area (TPSA) is 68.0 Å². The number of hydrogen-bond acceptors (Lipinski definition) is 4. The van der Waals surface area contributed by atoms with Gasteiger partial charge in [-0.1, -0.05) is 19.1 Å². The van der Waals surface area contributed by atoms with E-state index in [2.05, 4.69) is 10.3 Å². The second-order valence-electron chi connectivity index (χ2n) is 4.82. The number of hydrogen-bond donors (Lipinski definition) is 2. The fourth-order valence-corrected chi connectivity index (χ4v) is 2.60. The monoisotopic (exact) mass is 289 g/mol. The first-order valence-electron chi connectivity index (χ1n) is 6.68. The molecular weight excluding hydrogens is 270 g/mol. The van der Waals surface area contributed by atoms with Crippen molar-refractivity contribution in [2.45, 2.75) is 32.7 Å². The van der Waals surface area contributed by atoms with E-state index in [9.17, 15) is 4.79 Å². The van der Waals surface area contributed by atoms with Gasteiger partial charge in [-0.25, -0.2) is 4.98 Å². The molecule has 0 spiro atoms. The van der Waals surface area contributed by atoms with E-state index in [0.29, 0.717) is 12.1 Å². The lowest BCUT2D eigenvalue weighted by molar-refractivity contribution is -0.121. The molecular formula is C15H19N3OS. The van der Waals surface area contributed by atoms with Crippen LogP contribution < -0.4 is 11.1 Å². The Morgan fingerprint density at radius 2 is 2.30 bits per heavy atom. The first kappa shape index (κ1) is 14.5. The second kappa shape index (κ2) is 6.52. The van der Waals surface area contributed by atoms with E-state index < -0.39 is 0 Å². The highest BCUT2D eigenvalue weighted by atomic mass is 32.1. The summed E-state index contributed by atoms with van der Waals surface area (Å²) in [5.41, 5.74) is 8.27. The predicted molar refractivity (Wildman–Crippen MR) is 83.6 cm³/mol. The molecule has 1 heterocycles. The molecule has 20 heavy (non-hydrogen) atoms. The highest BCUT2D eigenvalue weighted by Gasteiger charge is 2.10. The van der Waals surface area contributed by atoms with Gasteiger partial charge in [0.1, 0.15) is 5.01 Å². The molecule has 1 aromatic heterocycles. The number of nitrogens with zero attached hydrogens (tertiary/aromatic N) is 1. The number of nitrogen functional groups attached to an aromatic ring is 1. The lowest BCUT2D eigenvalue weighted by atomic mass is 10.2. The zero-order chi connectivity index (χ0) is 14.5. The summed E-state index contributed by atoms with van der Waals surface area (Å²) < 4.78 is 0. The van der Waals surface area contributed by atoms with Crippen molar-refractivity contribution in [3.8, 4) is 10.6 Å². The summed E-state index contributed by atoms with van der Waals surface area (Å²) in [4.78, 5) is 16.3. The quantitative estimate of drug-likeness (QED) is 0.832. The Morgan fingerprint density at radius 1 is 1.50 bits per heavy atom. The van der Waals surface area contributed by atoms with Gasteiger partial charge in [-0.3, -0.25) is 4.79 Å². The number of rotatable bonds is 5. The molecule has 0 aliphatic rings. The van der Waals surface area contributed by atoms with Gasteiger partial charge < -0.3 is 11.1 Å². The maximum absolute atomic E-state index is 11.8. The van der Waals surface area contributed by atoms with Crippen LogP contribution in [0.15, 0.2) is 29.6 Å². The van der Waals surface area contributed by atoms with E-state index in [1.165, 1.54) is 11.3 Å². The maximum Gasteiger partial charge on any atom is 0.226 e. The van der Waals surface area contributed by atoms with E-state index in [-0.39, 0.29) is 11.9 Å². The fraction of sp³-hybridized carbons (Fsp3) is 0.333. The first-order chi connectivity index (χ1) is 9.58. The summed E-state index contributed by atoms with van der Waals surface area (Å²) in [6.45, 7) is 4.04. The summed E-state index contributed by atoms with van der Waals surface area (Å²) >= 11 is 1.53. The van der Waals surface area contributed by atoms with E-state index in [1.807, 2.05) is 43.5 Å². The zero-order valence-electron chi connectivity index (χ0n) is 11.7. The van der Waals surface area contributed by atoms with E-state index in [4.69, 9.17) is 5.73 Å². The Morgan fingerprint density at radius 3 is 3.00 bits per heavy atom. The van der Waals surface area contributed by atoms with Crippen LogP contribution >= 0.6 is 11.3 Å². The number of carbonyl (C=O) groups is 1. The van der Waals surface area contributed by atoms with Crippen LogP contribution in [0, 0.1) is 0 Å². The SMILES string of the molecule is CCC(C)NC(=O)Cc1csc(-c2cccc(N)c2)n1. The molecule has 4 nitrogen and oxygen atoms in total. The van der Waals surface area contributed by atoms with Gasteiger partial charge in [-0.2, -0.15) is 0 Å². The van der Waals surface area contributed by atoms with Crippen molar-refractivity contribution in [1.29, 1.82) is 0 Å². The first-order valence-corrected chi connectivity index (χ1v) is 7.56. The van der Waals surface area contributed by atoms with Crippen molar-refractivity contribution in [1.82, 2.24) is 10.3 Å². The lowest BCUT2D eigenvalue weighted by Crippen LogP contribution is -2.33. The van der Waals surface area contributed by atoms with Gasteiger partial charge in [0.2, 0.25) is 5.91 Å². The van der Waals surface area contributed by atoms with Crippen LogP contribution in [0.4, 0.5) is 5.69 Å². The number of aromatic nitrogens is 1. The molecule has 0 saturated carbocycles. The Labute approximate surface area is 123 Å². The van der Waals surface area contributed by atoms with Crippen LogP contribution in [0.1, 0.15) is 26.0 Å². The summed E-state index contributed by atoms with van der Waals surface area (Å²) in [7, 11) is 0. The van der Waals surface area contributed by atoms with Gasteiger partial charge in [0.15, 0.2) is 0 Å². The molecule has 2 aromatic rings. The molecule has 5 heteroatoms. The number of nitrogens with two attached hydrogens (primary N) is 1. The normalized spacial score (nSPS) is 12.1. The molecule has 0 radical (unpaired) electrons. The molecule has 1 unspecified atom stereocenters. The van der Waals surface area contributed by atoms with Crippen molar-refractivity contribution in [3.63, 3.8) is 0 Å².